The first-order chi connectivity index (χ1) is 21.1. The van der Waals surface area contributed by atoms with Crippen LogP contribution in [0.15, 0.2) is 101 Å². The third-order valence-corrected chi connectivity index (χ3v) is 9.51. The highest BCUT2D eigenvalue weighted by atomic mass is 32.2. The van der Waals surface area contributed by atoms with Crippen LogP contribution in [-0.2, 0) is 10.0 Å². The molecule has 0 bridgehead atoms. The summed E-state index contributed by atoms with van der Waals surface area (Å²) in [6.07, 6.45) is 3.17. The van der Waals surface area contributed by atoms with Gasteiger partial charge in [-0.25, -0.2) is 22.2 Å². The van der Waals surface area contributed by atoms with Crippen LogP contribution in [0.5, 0.6) is 0 Å². The van der Waals surface area contributed by atoms with Gasteiger partial charge in [0, 0.05) is 56.0 Å². The number of halogens is 2. The first-order valence-electron chi connectivity index (χ1n) is 14.7. The average Bonchev–Trinajstić information content (AvgIpc) is 3.00. The number of hydrogen-bond acceptors (Lipinski definition) is 7. The van der Waals surface area contributed by atoms with Gasteiger partial charge >= 0.3 is 0 Å². The van der Waals surface area contributed by atoms with E-state index in [0.29, 0.717) is 18.3 Å². The number of aliphatic imine (C=N–C) groups is 1. The second kappa shape index (κ2) is 13.7. The molecule has 1 heterocycles. The van der Waals surface area contributed by atoms with Gasteiger partial charge in [-0.15, -0.1) is 0 Å². The van der Waals surface area contributed by atoms with Crippen LogP contribution in [0.4, 0.5) is 14.5 Å². The van der Waals surface area contributed by atoms with Crippen LogP contribution in [0.2, 0.25) is 0 Å². The summed E-state index contributed by atoms with van der Waals surface area (Å²) in [5.74, 6) is -1.48. The van der Waals surface area contributed by atoms with E-state index in [4.69, 9.17) is 10.7 Å². The summed E-state index contributed by atoms with van der Waals surface area (Å²) < 4.78 is 55.3. The van der Waals surface area contributed by atoms with Gasteiger partial charge in [0.25, 0.3) is 10.0 Å². The molecular formula is C33H38F2N6O2S. The van der Waals surface area contributed by atoms with Gasteiger partial charge in [-0.1, -0.05) is 43.0 Å². The van der Waals surface area contributed by atoms with Crippen LogP contribution < -0.4 is 15.8 Å². The summed E-state index contributed by atoms with van der Waals surface area (Å²) >= 11 is 0. The van der Waals surface area contributed by atoms with Crippen molar-refractivity contribution in [2.45, 2.75) is 23.7 Å². The summed E-state index contributed by atoms with van der Waals surface area (Å²) in [7, 11) is -2.09. The molecule has 3 aromatic rings. The fourth-order valence-corrected chi connectivity index (χ4v) is 6.78. The molecule has 1 atom stereocenters. The minimum atomic E-state index is -4.25. The Balaban J connectivity index is 1.28. The van der Waals surface area contributed by atoms with Crippen molar-refractivity contribution in [3.05, 3.63) is 119 Å². The molecule has 2 aliphatic rings. The lowest BCUT2D eigenvalue weighted by Gasteiger charge is -2.32. The molecule has 3 aromatic carbocycles. The number of nitrogens with two attached hydrogens (primary N) is 1. The molecule has 1 unspecified atom stereocenters. The maximum absolute atomic E-state index is 14.1. The van der Waals surface area contributed by atoms with Gasteiger partial charge in [-0.05, 0) is 73.6 Å². The van der Waals surface area contributed by atoms with Gasteiger partial charge in [0.2, 0.25) is 0 Å². The van der Waals surface area contributed by atoms with E-state index in [-0.39, 0.29) is 11.6 Å². The second-order valence-electron chi connectivity index (χ2n) is 11.2. The third-order valence-electron chi connectivity index (χ3n) is 8.09. The molecule has 0 spiro atoms. The summed E-state index contributed by atoms with van der Waals surface area (Å²) in [4.78, 5) is 9.07. The van der Waals surface area contributed by atoms with Gasteiger partial charge < -0.3 is 20.9 Å². The van der Waals surface area contributed by atoms with Crippen molar-refractivity contribution in [3.8, 4) is 0 Å². The molecule has 0 radical (unpaired) electrons. The highest BCUT2D eigenvalue weighted by molar-refractivity contribution is 7.92. The van der Waals surface area contributed by atoms with Gasteiger partial charge in [0.15, 0.2) is 0 Å². The van der Waals surface area contributed by atoms with Crippen LogP contribution in [0.1, 0.15) is 35.4 Å². The smallest absolute Gasteiger partial charge is 0.264 e. The Morgan fingerprint density at radius 1 is 1.07 bits per heavy atom. The van der Waals surface area contributed by atoms with Crippen LogP contribution in [0, 0.1) is 11.6 Å². The molecular weight excluding hydrogens is 582 g/mol. The largest absolute Gasteiger partial charge is 0.404 e. The Bertz CT molecular complexity index is 1670. The normalized spacial score (nSPS) is 19.6. The zero-order chi connectivity index (χ0) is 31.3. The molecule has 8 nitrogen and oxygen atoms in total. The van der Waals surface area contributed by atoms with Crippen LogP contribution in [0.3, 0.4) is 0 Å². The first kappa shape index (κ1) is 31.4. The Labute approximate surface area is 258 Å². The maximum Gasteiger partial charge on any atom is 0.264 e. The molecule has 11 heteroatoms. The topological polar surface area (TPSA) is 103 Å². The van der Waals surface area contributed by atoms with E-state index in [1.54, 1.807) is 18.3 Å². The van der Waals surface area contributed by atoms with E-state index in [0.717, 1.165) is 85.8 Å². The van der Waals surface area contributed by atoms with Crippen molar-refractivity contribution >= 4 is 21.4 Å². The van der Waals surface area contributed by atoms with E-state index < -0.39 is 26.6 Å². The number of hydrogen-bond donors (Lipinski definition) is 3. The molecule has 1 fully saturated rings. The Morgan fingerprint density at radius 3 is 2.50 bits per heavy atom. The van der Waals surface area contributed by atoms with Crippen LogP contribution in [0.25, 0.3) is 0 Å². The predicted molar refractivity (Wildman–Crippen MR) is 171 cm³/mol. The summed E-state index contributed by atoms with van der Waals surface area (Å²) in [6, 6.07) is 17.3. The monoisotopic (exact) mass is 620 g/mol. The second-order valence-corrected chi connectivity index (χ2v) is 12.8. The molecule has 0 aromatic heterocycles. The molecule has 1 aliphatic carbocycles. The van der Waals surface area contributed by atoms with E-state index in [9.17, 15) is 17.2 Å². The summed E-state index contributed by atoms with van der Waals surface area (Å²) in [6.45, 7) is 10.3. The number of nitrogens with one attached hydrogen (secondary N) is 2. The van der Waals surface area contributed by atoms with E-state index in [1.807, 2.05) is 30.3 Å². The lowest BCUT2D eigenvalue weighted by molar-refractivity contribution is 0.153. The molecule has 1 saturated heterocycles. The van der Waals surface area contributed by atoms with Crippen molar-refractivity contribution in [1.29, 1.82) is 0 Å². The zero-order valence-electron chi connectivity index (χ0n) is 24.8. The molecule has 1 aliphatic heterocycles. The highest BCUT2D eigenvalue weighted by Gasteiger charge is 2.29. The third kappa shape index (κ3) is 7.35. The Morgan fingerprint density at radius 2 is 1.80 bits per heavy atom. The van der Waals surface area contributed by atoms with Crippen molar-refractivity contribution < 1.29 is 17.2 Å². The molecule has 232 valence electrons. The minimum absolute atomic E-state index is 0.0510. The molecule has 5 rings (SSSR count). The SMILES string of the molecule is C=C(N=C1/C(=C\N)CC(c2ccc(NS(=O)(=O)c3ccc(F)cc3F)cc2)c2ccccc21)NCCCN1CCN(C)CC1. The number of nitrogens with zero attached hydrogens (tertiary/aromatic N) is 3. The van der Waals surface area contributed by atoms with Gasteiger partial charge in [0.1, 0.15) is 22.4 Å². The number of rotatable bonds is 10. The number of anilines is 1. The standard InChI is InChI=1S/C33H38F2N6O2S/c1-23(37-14-5-15-41-18-16-40(2)17-19-41)38-33-25(22-36)20-30(28-6-3-4-7-29(28)33)24-8-11-27(12-9-24)39-44(42,43)32-13-10-26(34)21-31(32)35/h3-4,6-13,21-22,30,37,39H,1,5,14-20,36H2,2H3/b25-22-,38-33?. The summed E-state index contributed by atoms with van der Waals surface area (Å²) in [5.41, 5.74) is 11.0. The molecule has 44 heavy (non-hydrogen) atoms. The zero-order valence-corrected chi connectivity index (χ0v) is 25.6. The maximum atomic E-state index is 14.1. The molecule has 0 saturated carbocycles. The van der Waals surface area contributed by atoms with Gasteiger partial charge in [-0.3, -0.25) is 4.72 Å². The number of allylic oxidation sites excluding steroid dienone is 1. The predicted octanol–water partition coefficient (Wildman–Crippen LogP) is 4.63. The van der Waals surface area contributed by atoms with Crippen LogP contribution >= 0.6 is 0 Å². The number of benzene rings is 3. The number of sulfonamides is 1. The Kier molecular flexibility index (Phi) is 9.77. The van der Waals surface area contributed by atoms with Crippen molar-refractivity contribution in [1.82, 2.24) is 15.1 Å². The lowest BCUT2D eigenvalue weighted by Crippen LogP contribution is -2.45. The number of fused-ring (bicyclic) bond motifs is 1. The van der Waals surface area contributed by atoms with Gasteiger partial charge in [0.05, 0.1) is 5.71 Å². The van der Waals surface area contributed by atoms with Crippen LogP contribution in [-0.4, -0.2) is 70.2 Å². The van der Waals surface area contributed by atoms with Crippen molar-refractivity contribution in [2.75, 3.05) is 51.0 Å². The minimum Gasteiger partial charge on any atom is -0.404 e. The molecule has 4 N–H and O–H groups in total. The highest BCUT2D eigenvalue weighted by Crippen LogP contribution is 2.39. The summed E-state index contributed by atoms with van der Waals surface area (Å²) in [5, 5.41) is 3.35. The lowest BCUT2D eigenvalue weighted by atomic mass is 9.76. The van der Waals surface area contributed by atoms with Crippen molar-refractivity contribution in [3.63, 3.8) is 0 Å². The van der Waals surface area contributed by atoms with E-state index in [1.165, 1.54) is 0 Å². The van der Waals surface area contributed by atoms with E-state index in [2.05, 4.69) is 39.5 Å². The number of piperazine rings is 1. The van der Waals surface area contributed by atoms with Crippen molar-refractivity contribution in [2.24, 2.45) is 10.7 Å². The fraction of sp³-hybridized carbons (Fsp3) is 0.303. The fourth-order valence-electron chi connectivity index (χ4n) is 5.66. The Hall–Kier alpha value is -4.06. The molecule has 0 amide bonds. The first-order valence-corrected chi connectivity index (χ1v) is 16.1. The van der Waals surface area contributed by atoms with E-state index >= 15 is 0 Å². The van der Waals surface area contributed by atoms with Gasteiger partial charge in [-0.2, -0.15) is 0 Å². The number of likely N-dealkylation sites (N-methyl/N-ethyl adjacent to an activating group) is 1. The average molecular weight is 621 g/mol. The quantitative estimate of drug-likeness (QED) is 0.286.